The largest absolute Gasteiger partial charge is 0.355 e. The minimum absolute atomic E-state index is 0.0485. The Labute approximate surface area is 183 Å². The first-order chi connectivity index (χ1) is 15.6. The Kier molecular flexibility index (Phi) is 4.38. The van der Waals surface area contributed by atoms with Gasteiger partial charge >= 0.3 is 0 Å². The number of aromatic nitrogens is 4. The minimum atomic E-state index is -0.599. The zero-order valence-electron chi connectivity index (χ0n) is 17.3. The molecule has 32 heavy (non-hydrogen) atoms. The molecule has 0 radical (unpaired) electrons. The Morgan fingerprint density at radius 3 is 1.84 bits per heavy atom. The highest BCUT2D eigenvalue weighted by molar-refractivity contribution is 5.84. The van der Waals surface area contributed by atoms with Crippen LogP contribution in [0.5, 0.6) is 0 Å². The lowest BCUT2D eigenvalue weighted by molar-refractivity contribution is 0.589. The van der Waals surface area contributed by atoms with Crippen LogP contribution in [-0.4, -0.2) is 19.9 Å². The molecule has 2 aliphatic rings. The van der Waals surface area contributed by atoms with Gasteiger partial charge in [-0.3, -0.25) is 9.97 Å². The lowest BCUT2D eigenvalue weighted by Gasteiger charge is -2.07. The number of halogens is 2. The highest BCUT2D eigenvalue weighted by atomic mass is 19.1. The maximum Gasteiger partial charge on any atom is 0.134 e. The summed E-state index contributed by atoms with van der Waals surface area (Å²) in [4.78, 5) is 16.3. The summed E-state index contributed by atoms with van der Waals surface area (Å²) in [6, 6.07) is 17.8. The molecule has 6 heteroatoms. The summed E-state index contributed by atoms with van der Waals surface area (Å²) in [5.41, 5.74) is 7.40. The quantitative estimate of drug-likeness (QED) is 0.402. The molecular formula is C26H20F2N4. The number of hydrogen-bond acceptors (Lipinski definition) is 2. The van der Waals surface area contributed by atoms with E-state index in [2.05, 4.69) is 16.0 Å². The number of nitrogens with one attached hydrogen (secondary N) is 2. The Morgan fingerprint density at radius 1 is 0.594 bits per heavy atom. The Hall–Kier alpha value is -3.80. The first kappa shape index (κ1) is 18.9. The summed E-state index contributed by atoms with van der Waals surface area (Å²) in [6.45, 7) is 0. The molecular weight excluding hydrogens is 406 g/mol. The lowest BCUT2D eigenvalue weighted by Crippen LogP contribution is -1.95. The predicted molar refractivity (Wildman–Crippen MR) is 121 cm³/mol. The third-order valence-corrected chi connectivity index (χ3v) is 6.00. The maximum absolute atomic E-state index is 14.8. The topological polar surface area (TPSA) is 57.4 Å². The highest BCUT2D eigenvalue weighted by Gasteiger charge is 2.20. The number of aromatic amines is 2. The molecule has 0 saturated carbocycles. The van der Waals surface area contributed by atoms with Gasteiger partial charge in [0.2, 0.25) is 0 Å². The summed E-state index contributed by atoms with van der Waals surface area (Å²) < 4.78 is 29.7. The molecule has 2 N–H and O–H groups in total. The monoisotopic (exact) mass is 426 g/mol. The van der Waals surface area contributed by atoms with Crippen molar-refractivity contribution in [2.75, 3.05) is 0 Å². The van der Waals surface area contributed by atoms with Gasteiger partial charge in [0.15, 0.2) is 0 Å². The van der Waals surface area contributed by atoms with Crippen LogP contribution in [-0.2, 0) is 25.7 Å². The second kappa shape index (κ2) is 7.41. The number of fused-ring (bicyclic) bond motifs is 8. The number of benzene rings is 1. The van der Waals surface area contributed by atoms with Gasteiger partial charge in [0.1, 0.15) is 11.6 Å². The van der Waals surface area contributed by atoms with Crippen LogP contribution in [0.2, 0.25) is 0 Å². The normalized spacial score (nSPS) is 13.4. The molecule has 4 nitrogen and oxygen atoms in total. The molecule has 6 rings (SSSR count). The zero-order valence-corrected chi connectivity index (χ0v) is 17.3. The molecule has 3 aromatic heterocycles. The average Bonchev–Trinajstić information content (AvgIpc) is 3.55. The van der Waals surface area contributed by atoms with Gasteiger partial charge in [-0.05, 0) is 80.3 Å². The third-order valence-electron chi connectivity index (χ3n) is 6.00. The Morgan fingerprint density at radius 2 is 1.16 bits per heavy atom. The van der Waals surface area contributed by atoms with Gasteiger partial charge in [-0.1, -0.05) is 6.07 Å². The van der Waals surface area contributed by atoms with Crippen molar-refractivity contribution >= 4 is 22.1 Å². The highest BCUT2D eigenvalue weighted by Crippen LogP contribution is 2.33. The fourth-order valence-corrected chi connectivity index (χ4v) is 4.53. The first-order valence-electron chi connectivity index (χ1n) is 10.7. The number of aryl methyl sites for hydroxylation is 4. The number of nitrogens with zero attached hydrogens (tertiary/aromatic N) is 2. The zero-order chi connectivity index (χ0) is 21.7. The van der Waals surface area contributed by atoms with E-state index in [0.29, 0.717) is 29.6 Å². The fraction of sp³-hybridized carbons (Fsp3) is 0.154. The smallest absolute Gasteiger partial charge is 0.134 e. The van der Waals surface area contributed by atoms with E-state index in [1.54, 1.807) is 0 Å². The van der Waals surface area contributed by atoms with Crippen molar-refractivity contribution in [3.8, 4) is 11.1 Å². The molecule has 4 aromatic rings. The molecule has 1 aromatic carbocycles. The summed E-state index contributed by atoms with van der Waals surface area (Å²) >= 11 is 0. The minimum Gasteiger partial charge on any atom is -0.355 e. The standard InChI is InChI=1S/C26H20F2N4/c27-21-2-1-3-22(28)25(21)26-23-10-8-19(31-23)13-17-6-4-15(29-17)12-16-5-7-18(30-16)14-20-9-11-24(26)32-20/h1-4,6,9,11-14,29,32H,5,7-8,10H2. The molecule has 5 heterocycles. The number of rotatable bonds is 1. The maximum atomic E-state index is 14.8. The van der Waals surface area contributed by atoms with Crippen LogP contribution >= 0.6 is 0 Å². The van der Waals surface area contributed by atoms with Crippen molar-refractivity contribution in [2.24, 2.45) is 0 Å². The van der Waals surface area contributed by atoms with Gasteiger partial charge in [-0.25, -0.2) is 8.78 Å². The van der Waals surface area contributed by atoms with E-state index in [1.165, 1.54) is 18.2 Å². The molecule has 0 spiro atoms. The van der Waals surface area contributed by atoms with E-state index in [4.69, 9.17) is 9.97 Å². The molecule has 0 saturated heterocycles. The molecule has 8 bridgehead atoms. The summed E-state index contributed by atoms with van der Waals surface area (Å²) in [5.74, 6) is -1.20. The molecule has 0 fully saturated rings. The molecule has 0 amide bonds. The van der Waals surface area contributed by atoms with Gasteiger partial charge in [0.05, 0.1) is 11.3 Å². The van der Waals surface area contributed by atoms with Gasteiger partial charge < -0.3 is 9.97 Å². The summed E-state index contributed by atoms with van der Waals surface area (Å²) in [5, 5.41) is 0. The molecule has 0 atom stereocenters. The van der Waals surface area contributed by atoms with E-state index >= 15 is 0 Å². The van der Waals surface area contributed by atoms with Gasteiger partial charge in [-0.15, -0.1) is 0 Å². The van der Waals surface area contributed by atoms with E-state index < -0.39 is 11.6 Å². The molecule has 0 unspecified atom stereocenters. The van der Waals surface area contributed by atoms with E-state index in [-0.39, 0.29) is 5.56 Å². The summed E-state index contributed by atoms with van der Waals surface area (Å²) in [7, 11) is 0. The van der Waals surface area contributed by atoms with Gasteiger partial charge in [0, 0.05) is 44.7 Å². The van der Waals surface area contributed by atoms with Crippen LogP contribution in [0.3, 0.4) is 0 Å². The van der Waals surface area contributed by atoms with Crippen LogP contribution in [0.15, 0.2) is 60.7 Å². The first-order valence-corrected chi connectivity index (χ1v) is 10.7. The van der Waals surface area contributed by atoms with Crippen molar-refractivity contribution in [3.63, 3.8) is 0 Å². The van der Waals surface area contributed by atoms with Crippen molar-refractivity contribution in [1.29, 1.82) is 0 Å². The SMILES string of the molecule is Fc1cccc(F)c1-c1c2nc(cc3ccc(cc4nc(cc5ccc1[nH]5)CC4)[nH]3)CC2. The molecule has 0 aliphatic carbocycles. The van der Waals surface area contributed by atoms with Crippen LogP contribution in [0.1, 0.15) is 22.8 Å². The second-order valence-electron chi connectivity index (χ2n) is 8.25. The van der Waals surface area contributed by atoms with E-state index in [1.807, 2.05) is 36.4 Å². The van der Waals surface area contributed by atoms with Crippen LogP contribution in [0, 0.1) is 11.6 Å². The van der Waals surface area contributed by atoms with E-state index in [9.17, 15) is 8.78 Å². The predicted octanol–water partition coefficient (Wildman–Crippen LogP) is 5.83. The number of H-pyrrole nitrogens is 2. The van der Waals surface area contributed by atoms with Crippen molar-refractivity contribution < 1.29 is 8.78 Å². The lowest BCUT2D eigenvalue weighted by atomic mass is 10.0. The number of hydrogen-bond donors (Lipinski definition) is 2. The molecule has 158 valence electrons. The van der Waals surface area contributed by atoms with Crippen LogP contribution < -0.4 is 0 Å². The van der Waals surface area contributed by atoms with Gasteiger partial charge in [0.25, 0.3) is 0 Å². The van der Waals surface area contributed by atoms with Crippen LogP contribution in [0.25, 0.3) is 33.2 Å². The fourth-order valence-electron chi connectivity index (χ4n) is 4.53. The Balaban J connectivity index is 1.73. The average molecular weight is 426 g/mol. The van der Waals surface area contributed by atoms with Crippen molar-refractivity contribution in [3.05, 3.63) is 95.1 Å². The van der Waals surface area contributed by atoms with Crippen molar-refractivity contribution in [2.45, 2.75) is 25.7 Å². The van der Waals surface area contributed by atoms with Gasteiger partial charge in [-0.2, -0.15) is 0 Å². The van der Waals surface area contributed by atoms with Crippen molar-refractivity contribution in [1.82, 2.24) is 19.9 Å². The van der Waals surface area contributed by atoms with E-state index in [0.717, 1.165) is 46.5 Å². The third kappa shape index (κ3) is 3.38. The molecule has 2 aliphatic heterocycles. The second-order valence-corrected chi connectivity index (χ2v) is 8.25. The summed E-state index contributed by atoms with van der Waals surface area (Å²) in [6.07, 6.45) is 3.04. The Bertz CT molecular complexity index is 1490. The van der Waals surface area contributed by atoms with Crippen LogP contribution in [0.4, 0.5) is 8.78 Å².